The van der Waals surface area contributed by atoms with Gasteiger partial charge < -0.3 is 9.84 Å². The Hall–Kier alpha value is -2.73. The number of aliphatic hydroxyl groups is 1. The third-order valence-corrected chi connectivity index (χ3v) is 3.40. The molecule has 1 aromatic heterocycles. The van der Waals surface area contributed by atoms with E-state index in [-0.39, 0.29) is 12.4 Å². The second kappa shape index (κ2) is 7.02. The standard InChI is InChI=1S/C17H16FN3O2/c18-13-5-4-6-14(11-13)21-17(16(12-22)19-20-21)9-10-23-15-7-2-1-3-8-15/h1-8,11,22H,9-10,12H2. The van der Waals surface area contributed by atoms with Crippen LogP contribution in [0.15, 0.2) is 54.6 Å². The predicted molar refractivity (Wildman–Crippen MR) is 82.9 cm³/mol. The van der Waals surface area contributed by atoms with Crippen LogP contribution in [0.3, 0.4) is 0 Å². The summed E-state index contributed by atoms with van der Waals surface area (Å²) in [4.78, 5) is 0. The molecule has 3 aromatic rings. The van der Waals surface area contributed by atoms with Crippen LogP contribution in [0, 0.1) is 5.82 Å². The topological polar surface area (TPSA) is 60.2 Å². The quantitative estimate of drug-likeness (QED) is 0.759. The van der Waals surface area contributed by atoms with Crippen molar-refractivity contribution in [3.63, 3.8) is 0 Å². The van der Waals surface area contributed by atoms with Crippen molar-refractivity contribution in [2.75, 3.05) is 6.61 Å². The third-order valence-electron chi connectivity index (χ3n) is 3.40. The van der Waals surface area contributed by atoms with Gasteiger partial charge in [0.05, 0.1) is 24.6 Å². The number of rotatable bonds is 6. The average molecular weight is 313 g/mol. The van der Waals surface area contributed by atoms with Crippen LogP contribution in [0.4, 0.5) is 4.39 Å². The highest BCUT2D eigenvalue weighted by molar-refractivity contribution is 5.34. The largest absolute Gasteiger partial charge is 0.493 e. The minimum atomic E-state index is -0.352. The Morgan fingerprint density at radius 1 is 1.09 bits per heavy atom. The summed E-state index contributed by atoms with van der Waals surface area (Å²) in [6, 6.07) is 15.5. The number of hydrogen-bond acceptors (Lipinski definition) is 4. The van der Waals surface area contributed by atoms with Gasteiger partial charge in [0.15, 0.2) is 0 Å². The Labute approximate surface area is 133 Å². The molecule has 5 nitrogen and oxygen atoms in total. The lowest BCUT2D eigenvalue weighted by molar-refractivity contribution is 0.273. The first-order valence-corrected chi connectivity index (χ1v) is 7.26. The summed E-state index contributed by atoms with van der Waals surface area (Å²) in [6.07, 6.45) is 0.494. The van der Waals surface area contributed by atoms with Crippen molar-refractivity contribution in [1.29, 1.82) is 0 Å². The van der Waals surface area contributed by atoms with Crippen LogP contribution in [-0.4, -0.2) is 26.7 Å². The number of benzene rings is 2. The van der Waals surface area contributed by atoms with Gasteiger partial charge in [0.1, 0.15) is 17.3 Å². The molecular weight excluding hydrogens is 297 g/mol. The molecule has 0 saturated heterocycles. The van der Waals surface area contributed by atoms with Crippen LogP contribution in [0.5, 0.6) is 5.75 Å². The Morgan fingerprint density at radius 2 is 1.91 bits per heavy atom. The number of ether oxygens (including phenoxy) is 1. The molecule has 0 saturated carbocycles. The maximum absolute atomic E-state index is 13.4. The molecule has 6 heteroatoms. The van der Waals surface area contributed by atoms with Gasteiger partial charge in [-0.05, 0) is 30.3 Å². The molecule has 0 radical (unpaired) electrons. The molecule has 2 aromatic carbocycles. The monoisotopic (exact) mass is 313 g/mol. The Balaban J connectivity index is 1.79. The zero-order valence-electron chi connectivity index (χ0n) is 12.4. The molecular formula is C17H16FN3O2. The zero-order valence-corrected chi connectivity index (χ0v) is 12.4. The molecule has 1 N–H and O–H groups in total. The number of halogens is 1. The zero-order chi connectivity index (χ0) is 16.1. The first kappa shape index (κ1) is 15.2. The molecule has 118 valence electrons. The van der Waals surface area contributed by atoms with Crippen molar-refractivity contribution in [3.05, 3.63) is 71.8 Å². The van der Waals surface area contributed by atoms with Crippen molar-refractivity contribution in [1.82, 2.24) is 15.0 Å². The van der Waals surface area contributed by atoms with E-state index < -0.39 is 0 Å². The molecule has 0 aliphatic heterocycles. The van der Waals surface area contributed by atoms with Crippen molar-refractivity contribution >= 4 is 0 Å². The van der Waals surface area contributed by atoms with Crippen LogP contribution < -0.4 is 4.74 Å². The van der Waals surface area contributed by atoms with Gasteiger partial charge in [-0.25, -0.2) is 9.07 Å². The lowest BCUT2D eigenvalue weighted by Crippen LogP contribution is -2.09. The van der Waals surface area contributed by atoms with E-state index >= 15 is 0 Å². The summed E-state index contributed by atoms with van der Waals surface area (Å²) < 4.78 is 20.6. The first-order chi connectivity index (χ1) is 11.3. The predicted octanol–water partition coefficient (Wildman–Crippen LogP) is 2.52. The summed E-state index contributed by atoms with van der Waals surface area (Å²) in [5.74, 6) is 0.415. The Bertz CT molecular complexity index is 775. The average Bonchev–Trinajstić information content (AvgIpc) is 2.99. The summed E-state index contributed by atoms with van der Waals surface area (Å²) in [5, 5.41) is 17.4. The maximum atomic E-state index is 13.4. The SMILES string of the molecule is OCc1nnn(-c2cccc(F)c2)c1CCOc1ccccc1. The molecule has 0 fully saturated rings. The summed E-state index contributed by atoms with van der Waals surface area (Å²) in [6.45, 7) is 0.176. The van der Waals surface area contributed by atoms with Gasteiger partial charge in [-0.3, -0.25) is 0 Å². The summed E-state index contributed by atoms with van der Waals surface area (Å²) in [7, 11) is 0. The van der Waals surface area contributed by atoms with E-state index in [0.29, 0.717) is 30.1 Å². The van der Waals surface area contributed by atoms with E-state index in [1.807, 2.05) is 30.3 Å². The fourth-order valence-corrected chi connectivity index (χ4v) is 2.30. The maximum Gasteiger partial charge on any atom is 0.125 e. The molecule has 0 spiro atoms. The smallest absolute Gasteiger partial charge is 0.125 e. The number of aromatic nitrogens is 3. The molecule has 0 aliphatic carbocycles. The van der Waals surface area contributed by atoms with Gasteiger partial charge in [-0.15, -0.1) is 5.10 Å². The summed E-state index contributed by atoms with van der Waals surface area (Å²) >= 11 is 0. The fraction of sp³-hybridized carbons (Fsp3) is 0.176. The lowest BCUT2D eigenvalue weighted by Gasteiger charge is -2.09. The van der Waals surface area contributed by atoms with Crippen molar-refractivity contribution < 1.29 is 14.2 Å². The van der Waals surface area contributed by atoms with E-state index in [4.69, 9.17) is 4.74 Å². The Morgan fingerprint density at radius 3 is 2.65 bits per heavy atom. The molecule has 0 amide bonds. The van der Waals surface area contributed by atoms with Crippen LogP contribution >= 0.6 is 0 Å². The first-order valence-electron chi connectivity index (χ1n) is 7.26. The molecule has 0 unspecified atom stereocenters. The van der Waals surface area contributed by atoms with Crippen molar-refractivity contribution in [2.24, 2.45) is 0 Å². The van der Waals surface area contributed by atoms with Gasteiger partial charge in [0.2, 0.25) is 0 Å². The van der Waals surface area contributed by atoms with E-state index in [1.165, 1.54) is 16.8 Å². The molecule has 1 heterocycles. The van der Waals surface area contributed by atoms with E-state index in [2.05, 4.69) is 10.3 Å². The van der Waals surface area contributed by atoms with E-state index in [1.54, 1.807) is 12.1 Å². The second-order valence-corrected chi connectivity index (χ2v) is 4.94. The number of aliphatic hydroxyl groups excluding tert-OH is 1. The molecule has 0 bridgehead atoms. The highest BCUT2D eigenvalue weighted by atomic mass is 19.1. The van der Waals surface area contributed by atoms with Crippen LogP contribution in [0.1, 0.15) is 11.4 Å². The minimum absolute atomic E-state index is 0.226. The molecule has 0 aliphatic rings. The van der Waals surface area contributed by atoms with Gasteiger partial charge in [-0.1, -0.05) is 29.5 Å². The van der Waals surface area contributed by atoms with Crippen molar-refractivity contribution in [3.8, 4) is 11.4 Å². The highest BCUT2D eigenvalue weighted by Crippen LogP contribution is 2.16. The minimum Gasteiger partial charge on any atom is -0.493 e. The lowest BCUT2D eigenvalue weighted by atomic mass is 10.2. The molecule has 23 heavy (non-hydrogen) atoms. The second-order valence-electron chi connectivity index (χ2n) is 4.94. The highest BCUT2D eigenvalue weighted by Gasteiger charge is 2.14. The van der Waals surface area contributed by atoms with E-state index in [0.717, 1.165) is 5.75 Å². The number of hydrogen-bond donors (Lipinski definition) is 1. The summed E-state index contributed by atoms with van der Waals surface area (Å²) in [5.41, 5.74) is 1.73. The van der Waals surface area contributed by atoms with Crippen LogP contribution in [-0.2, 0) is 13.0 Å². The van der Waals surface area contributed by atoms with Crippen LogP contribution in [0.2, 0.25) is 0 Å². The van der Waals surface area contributed by atoms with Crippen molar-refractivity contribution in [2.45, 2.75) is 13.0 Å². The van der Waals surface area contributed by atoms with E-state index in [9.17, 15) is 9.50 Å². The third kappa shape index (κ3) is 3.54. The van der Waals surface area contributed by atoms with Gasteiger partial charge >= 0.3 is 0 Å². The van der Waals surface area contributed by atoms with Gasteiger partial charge in [0.25, 0.3) is 0 Å². The normalized spacial score (nSPS) is 10.7. The molecule has 0 atom stereocenters. The fourth-order valence-electron chi connectivity index (χ4n) is 2.30. The van der Waals surface area contributed by atoms with Gasteiger partial charge in [0, 0.05) is 6.42 Å². The molecule has 3 rings (SSSR count). The number of para-hydroxylation sites is 1. The number of nitrogens with zero attached hydrogens (tertiary/aromatic N) is 3. The van der Waals surface area contributed by atoms with Gasteiger partial charge in [-0.2, -0.15) is 0 Å². The Kier molecular flexibility index (Phi) is 4.63. The van der Waals surface area contributed by atoms with Crippen LogP contribution in [0.25, 0.3) is 5.69 Å².